The summed E-state index contributed by atoms with van der Waals surface area (Å²) in [6, 6.07) is 12.6. The van der Waals surface area contributed by atoms with Gasteiger partial charge in [-0.25, -0.2) is 0 Å². The number of ether oxygens (including phenoxy) is 1. The third-order valence-electron chi connectivity index (χ3n) is 3.71. The van der Waals surface area contributed by atoms with E-state index in [2.05, 4.69) is 10.3 Å². The first-order valence-electron chi connectivity index (χ1n) is 7.44. The summed E-state index contributed by atoms with van der Waals surface area (Å²) in [6.07, 6.45) is 3.62. The molecule has 0 aliphatic carbocycles. The highest BCUT2D eigenvalue weighted by molar-refractivity contribution is 5.94. The molecule has 5 heteroatoms. The molecule has 1 aromatic heterocycles. The number of amides is 1. The van der Waals surface area contributed by atoms with E-state index < -0.39 is 5.92 Å². The van der Waals surface area contributed by atoms with Gasteiger partial charge in [-0.3, -0.25) is 14.6 Å². The number of methoxy groups -OCH3 is 1. The lowest BCUT2D eigenvalue weighted by atomic mass is 9.93. The van der Waals surface area contributed by atoms with Crippen LogP contribution in [0.25, 0.3) is 0 Å². The molecule has 1 heterocycles. The van der Waals surface area contributed by atoms with Crippen molar-refractivity contribution in [1.29, 1.82) is 0 Å². The number of hydrogen-bond acceptors (Lipinski definition) is 4. The number of hydrogen-bond donors (Lipinski definition) is 1. The maximum absolute atomic E-state index is 12.2. The van der Waals surface area contributed by atoms with Crippen molar-refractivity contribution in [1.82, 2.24) is 10.3 Å². The van der Waals surface area contributed by atoms with E-state index in [1.807, 2.05) is 37.3 Å². The quantitative estimate of drug-likeness (QED) is 0.831. The molecule has 5 nitrogen and oxygen atoms in total. The molecule has 23 heavy (non-hydrogen) atoms. The van der Waals surface area contributed by atoms with E-state index in [0.29, 0.717) is 12.0 Å². The number of rotatable bonds is 6. The van der Waals surface area contributed by atoms with E-state index in [-0.39, 0.29) is 17.9 Å². The van der Waals surface area contributed by atoms with Gasteiger partial charge in [-0.05, 0) is 31.0 Å². The fourth-order valence-electron chi connectivity index (χ4n) is 2.38. The van der Waals surface area contributed by atoms with E-state index >= 15 is 0 Å². The predicted molar refractivity (Wildman–Crippen MR) is 86.8 cm³/mol. The number of benzene rings is 1. The van der Waals surface area contributed by atoms with Crippen molar-refractivity contribution < 1.29 is 14.3 Å². The standard InChI is InChI=1S/C18H20N2O3/c1-13(20-17(21)15-8-10-19-11-9-15)16(18(22)23-2)12-14-6-4-3-5-7-14/h3-11,13,16H,12H2,1-2H3,(H,20,21)/t13-,16+/m0/s1. The van der Waals surface area contributed by atoms with Crippen LogP contribution < -0.4 is 5.32 Å². The summed E-state index contributed by atoms with van der Waals surface area (Å²) in [5, 5.41) is 2.86. The van der Waals surface area contributed by atoms with Crippen molar-refractivity contribution in [2.75, 3.05) is 7.11 Å². The number of carbonyl (C=O) groups is 2. The van der Waals surface area contributed by atoms with Crippen molar-refractivity contribution in [2.24, 2.45) is 5.92 Å². The van der Waals surface area contributed by atoms with Gasteiger partial charge in [0.1, 0.15) is 0 Å². The fraction of sp³-hybridized carbons (Fsp3) is 0.278. The Morgan fingerprint density at radius 3 is 2.39 bits per heavy atom. The van der Waals surface area contributed by atoms with Gasteiger partial charge in [0, 0.05) is 24.0 Å². The first-order valence-corrected chi connectivity index (χ1v) is 7.44. The van der Waals surface area contributed by atoms with Crippen molar-refractivity contribution in [2.45, 2.75) is 19.4 Å². The van der Waals surface area contributed by atoms with Crippen LogP contribution in [0.15, 0.2) is 54.9 Å². The zero-order chi connectivity index (χ0) is 16.7. The van der Waals surface area contributed by atoms with Gasteiger partial charge in [0.15, 0.2) is 0 Å². The molecule has 1 aromatic carbocycles. The minimum Gasteiger partial charge on any atom is -0.469 e. The Balaban J connectivity index is 2.09. The Labute approximate surface area is 135 Å². The molecule has 0 bridgehead atoms. The Hall–Kier alpha value is -2.69. The van der Waals surface area contributed by atoms with Gasteiger partial charge in [0.25, 0.3) is 5.91 Å². The lowest BCUT2D eigenvalue weighted by molar-refractivity contribution is -0.146. The molecule has 1 N–H and O–H groups in total. The van der Waals surface area contributed by atoms with Gasteiger partial charge in [0.2, 0.25) is 0 Å². The largest absolute Gasteiger partial charge is 0.469 e. The second-order valence-corrected chi connectivity index (χ2v) is 5.32. The molecule has 0 unspecified atom stereocenters. The van der Waals surface area contributed by atoms with E-state index in [4.69, 9.17) is 4.74 Å². The Morgan fingerprint density at radius 2 is 1.78 bits per heavy atom. The molecule has 0 radical (unpaired) electrons. The number of esters is 1. The Morgan fingerprint density at radius 1 is 1.13 bits per heavy atom. The highest BCUT2D eigenvalue weighted by Gasteiger charge is 2.27. The number of carbonyl (C=O) groups excluding carboxylic acids is 2. The maximum Gasteiger partial charge on any atom is 0.311 e. The average molecular weight is 312 g/mol. The SMILES string of the molecule is COC(=O)[C@H](Cc1ccccc1)[C@H](C)NC(=O)c1ccncc1. The van der Waals surface area contributed by atoms with Crippen molar-refractivity contribution >= 4 is 11.9 Å². The summed E-state index contributed by atoms with van der Waals surface area (Å²) in [7, 11) is 1.36. The van der Waals surface area contributed by atoms with Gasteiger partial charge < -0.3 is 10.1 Å². The maximum atomic E-state index is 12.2. The second-order valence-electron chi connectivity index (χ2n) is 5.32. The van der Waals surface area contributed by atoms with Crippen molar-refractivity contribution in [3.8, 4) is 0 Å². The fourth-order valence-corrected chi connectivity index (χ4v) is 2.38. The molecular formula is C18H20N2O3. The minimum absolute atomic E-state index is 0.234. The van der Waals surface area contributed by atoms with Gasteiger partial charge in [-0.2, -0.15) is 0 Å². The molecule has 2 rings (SSSR count). The average Bonchev–Trinajstić information content (AvgIpc) is 2.60. The van der Waals surface area contributed by atoms with Gasteiger partial charge in [0.05, 0.1) is 13.0 Å². The molecule has 120 valence electrons. The van der Waals surface area contributed by atoms with Crippen molar-refractivity contribution in [3.05, 3.63) is 66.0 Å². The molecule has 0 aliphatic rings. The summed E-state index contributed by atoms with van der Waals surface area (Å²) in [6.45, 7) is 1.81. The summed E-state index contributed by atoms with van der Waals surface area (Å²) in [4.78, 5) is 28.2. The molecule has 1 amide bonds. The van der Waals surface area contributed by atoms with Crippen LogP contribution in [0.1, 0.15) is 22.8 Å². The molecular weight excluding hydrogens is 292 g/mol. The molecule has 0 saturated heterocycles. The monoisotopic (exact) mass is 312 g/mol. The van der Waals surface area contributed by atoms with Crippen LogP contribution in [0.5, 0.6) is 0 Å². The van der Waals surface area contributed by atoms with Gasteiger partial charge in [-0.1, -0.05) is 30.3 Å². The summed E-state index contributed by atoms with van der Waals surface area (Å²) >= 11 is 0. The highest BCUT2D eigenvalue weighted by Crippen LogP contribution is 2.15. The predicted octanol–water partition coefficient (Wildman–Crippen LogP) is 2.23. The zero-order valence-electron chi connectivity index (χ0n) is 13.2. The third-order valence-corrected chi connectivity index (χ3v) is 3.71. The van der Waals surface area contributed by atoms with Gasteiger partial charge >= 0.3 is 5.97 Å². The van der Waals surface area contributed by atoms with E-state index in [1.165, 1.54) is 7.11 Å². The minimum atomic E-state index is -0.451. The second kappa shape index (κ2) is 8.08. The van der Waals surface area contributed by atoms with Crippen LogP contribution in [-0.4, -0.2) is 30.0 Å². The number of aromatic nitrogens is 1. The summed E-state index contributed by atoms with van der Waals surface area (Å²) < 4.78 is 4.89. The molecule has 2 atom stereocenters. The molecule has 0 saturated carbocycles. The molecule has 2 aromatic rings. The van der Waals surface area contributed by atoms with Crippen LogP contribution in [0.4, 0.5) is 0 Å². The molecule has 0 aliphatic heterocycles. The lowest BCUT2D eigenvalue weighted by Gasteiger charge is -2.23. The number of pyridine rings is 1. The third kappa shape index (κ3) is 4.64. The summed E-state index contributed by atoms with van der Waals surface area (Å²) in [5.74, 6) is -1.02. The lowest BCUT2D eigenvalue weighted by Crippen LogP contribution is -2.42. The topological polar surface area (TPSA) is 68.3 Å². The van der Waals surface area contributed by atoms with Crippen LogP contribution in [0.2, 0.25) is 0 Å². The van der Waals surface area contributed by atoms with E-state index in [9.17, 15) is 9.59 Å². The number of nitrogens with zero attached hydrogens (tertiary/aromatic N) is 1. The van der Waals surface area contributed by atoms with E-state index in [0.717, 1.165) is 5.56 Å². The molecule has 0 fully saturated rings. The Bertz CT molecular complexity index is 644. The normalized spacial score (nSPS) is 13.0. The van der Waals surface area contributed by atoms with Crippen molar-refractivity contribution in [3.63, 3.8) is 0 Å². The highest BCUT2D eigenvalue weighted by atomic mass is 16.5. The van der Waals surface area contributed by atoms with Crippen LogP contribution in [0, 0.1) is 5.92 Å². The van der Waals surface area contributed by atoms with Crippen LogP contribution in [-0.2, 0) is 16.0 Å². The Kier molecular flexibility index (Phi) is 5.86. The first kappa shape index (κ1) is 16.7. The summed E-state index contributed by atoms with van der Waals surface area (Å²) in [5.41, 5.74) is 1.53. The van der Waals surface area contributed by atoms with Gasteiger partial charge in [-0.15, -0.1) is 0 Å². The van der Waals surface area contributed by atoms with E-state index in [1.54, 1.807) is 24.5 Å². The number of nitrogens with one attached hydrogen (secondary N) is 1. The molecule has 0 spiro atoms. The zero-order valence-corrected chi connectivity index (χ0v) is 13.2. The first-order chi connectivity index (χ1) is 11.1. The van der Waals surface area contributed by atoms with Crippen LogP contribution in [0.3, 0.4) is 0 Å². The van der Waals surface area contributed by atoms with Crippen LogP contribution >= 0.6 is 0 Å². The smallest absolute Gasteiger partial charge is 0.311 e.